The molecule has 0 radical (unpaired) electrons. The average Bonchev–Trinajstić information content (AvgIpc) is 2.86. The Labute approximate surface area is 88.3 Å². The quantitative estimate of drug-likeness (QED) is 0.620. The molecule has 0 bridgehead atoms. The third kappa shape index (κ3) is 3.25. The Morgan fingerprint density at radius 1 is 0.571 bits per heavy atom. The van der Waals surface area contributed by atoms with Gasteiger partial charge in [0.25, 0.3) is 0 Å². The molecule has 0 aromatic carbocycles. The number of nitrogens with zero attached hydrogens (tertiary/aromatic N) is 2. The van der Waals surface area contributed by atoms with Crippen molar-refractivity contribution in [2.45, 2.75) is 38.5 Å². The van der Waals surface area contributed by atoms with Gasteiger partial charge in [0.2, 0.25) is 0 Å². The van der Waals surface area contributed by atoms with Gasteiger partial charge in [0, 0.05) is 0 Å². The zero-order valence-electron chi connectivity index (χ0n) is 9.38. The monoisotopic (exact) mass is 196 g/mol. The number of likely N-dealkylation sites (tertiary alicyclic amines) is 2. The van der Waals surface area contributed by atoms with Crippen LogP contribution >= 0.6 is 0 Å². The summed E-state index contributed by atoms with van der Waals surface area (Å²) in [7, 11) is 0. The smallest absolute Gasteiger partial charge is 0.00183 e. The highest BCUT2D eigenvalue weighted by Crippen LogP contribution is 2.10. The topological polar surface area (TPSA) is 6.48 Å². The lowest BCUT2D eigenvalue weighted by Crippen LogP contribution is -2.23. The molecule has 14 heavy (non-hydrogen) atoms. The molecule has 0 spiro atoms. The molecule has 2 fully saturated rings. The van der Waals surface area contributed by atoms with Crippen molar-refractivity contribution in [3.63, 3.8) is 0 Å². The maximum atomic E-state index is 2.63. The molecule has 0 atom stereocenters. The van der Waals surface area contributed by atoms with E-state index in [0.29, 0.717) is 0 Å². The van der Waals surface area contributed by atoms with Crippen molar-refractivity contribution in [3.05, 3.63) is 0 Å². The van der Waals surface area contributed by atoms with E-state index in [1.54, 1.807) is 0 Å². The predicted octanol–water partition coefficient (Wildman–Crippen LogP) is 1.96. The Hall–Kier alpha value is -0.0800. The average molecular weight is 196 g/mol. The molecule has 0 aromatic heterocycles. The van der Waals surface area contributed by atoms with Gasteiger partial charge >= 0.3 is 0 Å². The van der Waals surface area contributed by atoms with Crippen molar-refractivity contribution in [2.75, 3.05) is 39.3 Å². The van der Waals surface area contributed by atoms with Gasteiger partial charge in [0.05, 0.1) is 0 Å². The Morgan fingerprint density at radius 2 is 0.929 bits per heavy atom. The normalized spacial score (nSPS) is 24.9. The van der Waals surface area contributed by atoms with E-state index < -0.39 is 0 Å². The fourth-order valence-corrected chi connectivity index (χ4v) is 2.68. The van der Waals surface area contributed by atoms with Crippen molar-refractivity contribution in [3.8, 4) is 0 Å². The summed E-state index contributed by atoms with van der Waals surface area (Å²) < 4.78 is 0. The number of hydrogen-bond acceptors (Lipinski definition) is 2. The summed E-state index contributed by atoms with van der Waals surface area (Å²) in [6.45, 7) is 8.17. The maximum absolute atomic E-state index is 2.63. The van der Waals surface area contributed by atoms with Gasteiger partial charge in [-0.2, -0.15) is 0 Å². The summed E-state index contributed by atoms with van der Waals surface area (Å²) in [6, 6.07) is 0. The third-order valence-electron chi connectivity index (χ3n) is 3.60. The second kappa shape index (κ2) is 5.72. The van der Waals surface area contributed by atoms with Crippen LogP contribution in [-0.2, 0) is 0 Å². The highest BCUT2D eigenvalue weighted by Gasteiger charge is 2.12. The molecule has 2 heteroatoms. The fraction of sp³-hybridized carbons (Fsp3) is 1.00. The molecule has 2 nitrogen and oxygen atoms in total. The van der Waals surface area contributed by atoms with Crippen LogP contribution in [0.3, 0.4) is 0 Å². The lowest BCUT2D eigenvalue weighted by Gasteiger charge is -2.17. The van der Waals surface area contributed by atoms with Crippen LogP contribution in [0.5, 0.6) is 0 Å². The molecular formula is C12H24N2. The van der Waals surface area contributed by atoms with Crippen LogP contribution in [0.4, 0.5) is 0 Å². The maximum Gasteiger partial charge on any atom is -0.00183 e. The summed E-state index contributed by atoms with van der Waals surface area (Å²) in [4.78, 5) is 5.26. The molecule has 0 N–H and O–H groups in total. The molecule has 0 aliphatic carbocycles. The van der Waals surface area contributed by atoms with Crippen LogP contribution in [0, 0.1) is 0 Å². The van der Waals surface area contributed by atoms with E-state index in [1.807, 2.05) is 0 Å². The molecule has 82 valence electrons. The SMILES string of the molecule is C1CCN(CCCCN2CCCC2)C1. The Morgan fingerprint density at radius 3 is 1.29 bits per heavy atom. The van der Waals surface area contributed by atoms with E-state index in [0.717, 1.165) is 0 Å². The van der Waals surface area contributed by atoms with E-state index in [-0.39, 0.29) is 0 Å². The van der Waals surface area contributed by atoms with Crippen LogP contribution in [0.1, 0.15) is 38.5 Å². The molecule has 0 aromatic rings. The number of rotatable bonds is 5. The van der Waals surface area contributed by atoms with Gasteiger partial charge in [0.1, 0.15) is 0 Å². The first-order valence-corrected chi connectivity index (χ1v) is 6.40. The summed E-state index contributed by atoms with van der Waals surface area (Å²) in [6.07, 6.45) is 8.57. The van der Waals surface area contributed by atoms with E-state index in [2.05, 4.69) is 9.80 Å². The second-order valence-electron chi connectivity index (χ2n) is 4.80. The highest BCUT2D eigenvalue weighted by molar-refractivity contribution is 4.68. The Kier molecular flexibility index (Phi) is 4.26. The Balaban J connectivity index is 1.46. The number of unbranched alkanes of at least 4 members (excludes halogenated alkanes) is 1. The van der Waals surface area contributed by atoms with Gasteiger partial charge in [-0.1, -0.05) is 0 Å². The van der Waals surface area contributed by atoms with Gasteiger partial charge in [-0.25, -0.2) is 0 Å². The predicted molar refractivity (Wildman–Crippen MR) is 60.6 cm³/mol. The van der Waals surface area contributed by atoms with E-state index in [4.69, 9.17) is 0 Å². The minimum Gasteiger partial charge on any atom is -0.303 e. The molecule has 2 heterocycles. The van der Waals surface area contributed by atoms with Crippen molar-refractivity contribution >= 4 is 0 Å². The van der Waals surface area contributed by atoms with Gasteiger partial charge in [-0.3, -0.25) is 0 Å². The molecule has 2 aliphatic rings. The summed E-state index contributed by atoms with van der Waals surface area (Å²) in [5.74, 6) is 0. The summed E-state index contributed by atoms with van der Waals surface area (Å²) in [5.41, 5.74) is 0. The minimum absolute atomic E-state index is 1.36. The standard InChI is InChI=1S/C12H24N2/c1-2-8-13(7-1)11-5-6-12-14-9-3-4-10-14/h1-12H2. The van der Waals surface area contributed by atoms with Gasteiger partial charge in [-0.15, -0.1) is 0 Å². The molecule has 0 saturated carbocycles. The molecule has 2 saturated heterocycles. The lowest BCUT2D eigenvalue weighted by molar-refractivity contribution is 0.295. The molecule has 0 unspecified atom stereocenters. The van der Waals surface area contributed by atoms with Gasteiger partial charge in [0.15, 0.2) is 0 Å². The zero-order valence-corrected chi connectivity index (χ0v) is 9.38. The van der Waals surface area contributed by atoms with E-state index in [1.165, 1.54) is 77.8 Å². The summed E-state index contributed by atoms with van der Waals surface area (Å²) >= 11 is 0. The Bertz CT molecular complexity index is 128. The third-order valence-corrected chi connectivity index (χ3v) is 3.60. The zero-order chi connectivity index (χ0) is 9.64. The van der Waals surface area contributed by atoms with Crippen molar-refractivity contribution in [1.29, 1.82) is 0 Å². The fourth-order valence-electron chi connectivity index (χ4n) is 2.68. The van der Waals surface area contributed by atoms with Gasteiger partial charge < -0.3 is 9.80 Å². The molecule has 2 aliphatic heterocycles. The van der Waals surface area contributed by atoms with Crippen LogP contribution in [0.2, 0.25) is 0 Å². The van der Waals surface area contributed by atoms with Crippen LogP contribution in [0.15, 0.2) is 0 Å². The highest BCUT2D eigenvalue weighted by atomic mass is 15.1. The molecular weight excluding hydrogens is 172 g/mol. The minimum atomic E-state index is 1.36. The van der Waals surface area contributed by atoms with Crippen molar-refractivity contribution in [2.24, 2.45) is 0 Å². The van der Waals surface area contributed by atoms with E-state index >= 15 is 0 Å². The molecule has 2 rings (SSSR count). The first kappa shape index (κ1) is 10.4. The van der Waals surface area contributed by atoms with E-state index in [9.17, 15) is 0 Å². The molecule has 0 amide bonds. The van der Waals surface area contributed by atoms with Crippen molar-refractivity contribution < 1.29 is 0 Å². The second-order valence-corrected chi connectivity index (χ2v) is 4.80. The summed E-state index contributed by atoms with van der Waals surface area (Å²) in [5, 5.41) is 0. The number of hydrogen-bond donors (Lipinski definition) is 0. The van der Waals surface area contributed by atoms with Crippen LogP contribution in [0.25, 0.3) is 0 Å². The lowest BCUT2D eigenvalue weighted by atomic mass is 10.3. The van der Waals surface area contributed by atoms with Crippen LogP contribution in [-0.4, -0.2) is 49.1 Å². The largest absolute Gasteiger partial charge is 0.303 e. The van der Waals surface area contributed by atoms with Gasteiger partial charge in [-0.05, 0) is 77.8 Å². The van der Waals surface area contributed by atoms with Crippen molar-refractivity contribution in [1.82, 2.24) is 9.80 Å². The first-order chi connectivity index (χ1) is 6.95. The first-order valence-electron chi connectivity index (χ1n) is 6.40. The van der Waals surface area contributed by atoms with Crippen LogP contribution < -0.4 is 0 Å².